The van der Waals surface area contributed by atoms with Crippen molar-refractivity contribution in [2.24, 2.45) is 0 Å². The van der Waals surface area contributed by atoms with Gasteiger partial charge in [0, 0.05) is 12.1 Å². The van der Waals surface area contributed by atoms with Gasteiger partial charge in [0.05, 0.1) is 12.5 Å². The molecule has 4 heteroatoms. The Hall–Kier alpha value is -1.86. The molecule has 1 rings (SSSR count). The Morgan fingerprint density at radius 3 is 2.75 bits per heavy atom. The van der Waals surface area contributed by atoms with Crippen LogP contribution in [0.4, 0.5) is 0 Å². The number of nitrogens with one attached hydrogen (secondary N) is 1. The van der Waals surface area contributed by atoms with Gasteiger partial charge in [-0.25, -0.2) is 0 Å². The normalized spacial score (nSPS) is 10.3. The highest BCUT2D eigenvalue weighted by molar-refractivity contribution is 5.94. The molecule has 0 unspecified atom stereocenters. The second-order valence-electron chi connectivity index (χ2n) is 4.67. The summed E-state index contributed by atoms with van der Waals surface area (Å²) in [6, 6.07) is 9.33. The van der Waals surface area contributed by atoms with E-state index in [4.69, 9.17) is 5.26 Å². The Balaban J connectivity index is 2.39. The molecule has 0 fully saturated rings. The van der Waals surface area contributed by atoms with Crippen molar-refractivity contribution in [2.75, 3.05) is 26.2 Å². The molecule has 0 spiro atoms. The van der Waals surface area contributed by atoms with Crippen molar-refractivity contribution in [3.8, 4) is 6.07 Å². The van der Waals surface area contributed by atoms with Gasteiger partial charge in [-0.15, -0.1) is 0 Å². The number of nitrogens with zero attached hydrogens (tertiary/aromatic N) is 2. The summed E-state index contributed by atoms with van der Waals surface area (Å²) in [5.74, 6) is -0.0654. The van der Waals surface area contributed by atoms with Crippen LogP contribution in [-0.2, 0) is 6.42 Å². The largest absolute Gasteiger partial charge is 0.352 e. The minimum atomic E-state index is -0.0654. The average Bonchev–Trinajstić information content (AvgIpc) is 2.48. The molecule has 0 saturated heterocycles. The number of rotatable bonds is 8. The molecule has 0 saturated carbocycles. The summed E-state index contributed by atoms with van der Waals surface area (Å²) in [4.78, 5) is 14.3. The van der Waals surface area contributed by atoms with Crippen LogP contribution in [0.25, 0.3) is 0 Å². The monoisotopic (exact) mass is 273 g/mol. The summed E-state index contributed by atoms with van der Waals surface area (Å²) in [6.07, 6.45) is 1.29. The molecular formula is C16H23N3O. The standard InChI is InChI=1S/C16H23N3O/c1-3-19(4-2)12-6-11-18-16(20)15-8-5-7-14(13-15)9-10-17/h5,7-8,13H,3-4,6,9,11-12H2,1-2H3,(H,18,20). The van der Waals surface area contributed by atoms with Crippen LogP contribution in [0, 0.1) is 11.3 Å². The number of nitriles is 1. The highest BCUT2D eigenvalue weighted by atomic mass is 16.1. The Bertz CT molecular complexity index is 461. The van der Waals surface area contributed by atoms with Crippen LogP contribution in [0.2, 0.25) is 0 Å². The maximum absolute atomic E-state index is 12.0. The third kappa shape index (κ3) is 5.41. The van der Waals surface area contributed by atoms with Gasteiger partial charge in [-0.1, -0.05) is 26.0 Å². The number of hydrogen-bond donors (Lipinski definition) is 1. The molecule has 4 nitrogen and oxygen atoms in total. The first-order chi connectivity index (χ1) is 9.71. The molecule has 0 aromatic heterocycles. The van der Waals surface area contributed by atoms with Crippen molar-refractivity contribution in [3.05, 3.63) is 35.4 Å². The summed E-state index contributed by atoms with van der Waals surface area (Å²) >= 11 is 0. The van der Waals surface area contributed by atoms with Gasteiger partial charge in [0.2, 0.25) is 0 Å². The van der Waals surface area contributed by atoms with Gasteiger partial charge in [-0.2, -0.15) is 5.26 Å². The highest BCUT2D eigenvalue weighted by Gasteiger charge is 2.06. The minimum Gasteiger partial charge on any atom is -0.352 e. The second-order valence-corrected chi connectivity index (χ2v) is 4.67. The smallest absolute Gasteiger partial charge is 0.251 e. The first-order valence-electron chi connectivity index (χ1n) is 7.17. The van der Waals surface area contributed by atoms with E-state index in [0.717, 1.165) is 31.6 Å². The van der Waals surface area contributed by atoms with Gasteiger partial charge in [-0.3, -0.25) is 4.79 Å². The molecule has 1 aromatic carbocycles. The SMILES string of the molecule is CCN(CC)CCCNC(=O)c1cccc(CC#N)c1. The van der Waals surface area contributed by atoms with Crippen LogP contribution < -0.4 is 5.32 Å². The number of hydrogen-bond acceptors (Lipinski definition) is 3. The zero-order valence-corrected chi connectivity index (χ0v) is 12.4. The quantitative estimate of drug-likeness (QED) is 0.739. The van der Waals surface area contributed by atoms with E-state index >= 15 is 0 Å². The topological polar surface area (TPSA) is 56.1 Å². The lowest BCUT2D eigenvalue weighted by molar-refractivity contribution is 0.0951. The predicted octanol–water partition coefficient (Wildman–Crippen LogP) is 2.21. The lowest BCUT2D eigenvalue weighted by atomic mass is 10.1. The van der Waals surface area contributed by atoms with E-state index in [1.54, 1.807) is 12.1 Å². The van der Waals surface area contributed by atoms with E-state index < -0.39 is 0 Å². The van der Waals surface area contributed by atoms with Crippen molar-refractivity contribution < 1.29 is 4.79 Å². The Kier molecular flexibility index (Phi) is 7.38. The first kappa shape index (κ1) is 16.2. The summed E-state index contributed by atoms with van der Waals surface area (Å²) < 4.78 is 0. The van der Waals surface area contributed by atoms with E-state index in [1.165, 1.54) is 0 Å². The molecule has 0 aliphatic heterocycles. The molecule has 0 heterocycles. The third-order valence-corrected chi connectivity index (χ3v) is 3.30. The minimum absolute atomic E-state index is 0.0654. The molecule has 0 radical (unpaired) electrons. The number of amides is 1. The van der Waals surface area contributed by atoms with Crippen molar-refractivity contribution in [1.82, 2.24) is 10.2 Å². The van der Waals surface area contributed by atoms with Crippen LogP contribution in [0.3, 0.4) is 0 Å². The molecule has 0 aliphatic rings. The lowest BCUT2D eigenvalue weighted by Gasteiger charge is -2.17. The van der Waals surface area contributed by atoms with Gasteiger partial charge in [0.1, 0.15) is 0 Å². The molecule has 0 atom stereocenters. The fraction of sp³-hybridized carbons (Fsp3) is 0.500. The van der Waals surface area contributed by atoms with Crippen LogP contribution in [0.5, 0.6) is 0 Å². The van der Waals surface area contributed by atoms with Crippen LogP contribution in [-0.4, -0.2) is 37.0 Å². The van der Waals surface area contributed by atoms with E-state index in [9.17, 15) is 4.79 Å². The van der Waals surface area contributed by atoms with Crippen LogP contribution in [0.15, 0.2) is 24.3 Å². The maximum Gasteiger partial charge on any atom is 0.251 e. The Morgan fingerprint density at radius 1 is 1.35 bits per heavy atom. The van der Waals surface area contributed by atoms with Crippen LogP contribution in [0.1, 0.15) is 36.2 Å². The summed E-state index contributed by atoms with van der Waals surface area (Å²) in [7, 11) is 0. The van der Waals surface area contributed by atoms with Gasteiger partial charge in [-0.05, 0) is 43.8 Å². The Labute approximate surface area is 121 Å². The van der Waals surface area contributed by atoms with E-state index in [0.29, 0.717) is 18.5 Å². The molecule has 20 heavy (non-hydrogen) atoms. The van der Waals surface area contributed by atoms with Crippen LogP contribution >= 0.6 is 0 Å². The number of carbonyl (C=O) groups excluding carboxylic acids is 1. The zero-order valence-electron chi connectivity index (χ0n) is 12.4. The molecule has 1 amide bonds. The first-order valence-corrected chi connectivity index (χ1v) is 7.17. The molecule has 1 aromatic rings. The molecule has 1 N–H and O–H groups in total. The Morgan fingerprint density at radius 2 is 2.10 bits per heavy atom. The van der Waals surface area contributed by atoms with Gasteiger partial charge < -0.3 is 10.2 Å². The molecule has 108 valence electrons. The number of carbonyl (C=O) groups is 1. The fourth-order valence-corrected chi connectivity index (χ4v) is 2.06. The maximum atomic E-state index is 12.0. The second kappa shape index (κ2) is 9.11. The molecule has 0 bridgehead atoms. The summed E-state index contributed by atoms with van der Waals surface area (Å²) in [6.45, 7) is 8.05. The van der Waals surface area contributed by atoms with Gasteiger partial charge >= 0.3 is 0 Å². The van der Waals surface area contributed by atoms with E-state index in [1.807, 2.05) is 12.1 Å². The highest BCUT2D eigenvalue weighted by Crippen LogP contribution is 2.05. The van der Waals surface area contributed by atoms with Crippen molar-refractivity contribution >= 4 is 5.91 Å². The van der Waals surface area contributed by atoms with Gasteiger partial charge in [0.15, 0.2) is 0 Å². The average molecular weight is 273 g/mol. The summed E-state index contributed by atoms with van der Waals surface area (Å²) in [5.41, 5.74) is 1.50. The lowest BCUT2D eigenvalue weighted by Crippen LogP contribution is -2.29. The third-order valence-electron chi connectivity index (χ3n) is 3.30. The molecule has 0 aliphatic carbocycles. The zero-order chi connectivity index (χ0) is 14.8. The van der Waals surface area contributed by atoms with Crippen molar-refractivity contribution in [3.63, 3.8) is 0 Å². The van der Waals surface area contributed by atoms with Crippen molar-refractivity contribution in [1.29, 1.82) is 5.26 Å². The fourth-order valence-electron chi connectivity index (χ4n) is 2.06. The summed E-state index contributed by atoms with van der Waals surface area (Å²) in [5, 5.41) is 11.6. The van der Waals surface area contributed by atoms with E-state index in [2.05, 4.69) is 30.1 Å². The predicted molar refractivity (Wildman–Crippen MR) is 80.5 cm³/mol. The number of benzene rings is 1. The van der Waals surface area contributed by atoms with E-state index in [-0.39, 0.29) is 5.91 Å². The van der Waals surface area contributed by atoms with Gasteiger partial charge in [0.25, 0.3) is 5.91 Å². The van der Waals surface area contributed by atoms with Crippen molar-refractivity contribution in [2.45, 2.75) is 26.7 Å². The molecular weight excluding hydrogens is 250 g/mol.